The van der Waals surface area contributed by atoms with E-state index in [1.54, 1.807) is 11.7 Å². The number of nitrogens with one attached hydrogen (secondary N) is 1. The molecule has 2 fully saturated rings. The van der Waals surface area contributed by atoms with Crippen LogP contribution in [-0.4, -0.2) is 33.2 Å². The van der Waals surface area contributed by atoms with Crippen LogP contribution in [0.2, 0.25) is 0 Å². The van der Waals surface area contributed by atoms with E-state index in [1.807, 2.05) is 13.8 Å². The van der Waals surface area contributed by atoms with Gasteiger partial charge in [0.1, 0.15) is 5.60 Å². The number of aliphatic hydroxyl groups is 1. The molecule has 0 radical (unpaired) electrons. The summed E-state index contributed by atoms with van der Waals surface area (Å²) in [5, 5.41) is 13.8. The van der Waals surface area contributed by atoms with E-state index in [2.05, 4.69) is 38.9 Å². The van der Waals surface area contributed by atoms with E-state index in [4.69, 9.17) is 9.31 Å². The summed E-state index contributed by atoms with van der Waals surface area (Å²) in [6.07, 6.45) is 4.39. The third-order valence-electron chi connectivity index (χ3n) is 6.64. The van der Waals surface area contributed by atoms with Crippen LogP contribution in [0.3, 0.4) is 0 Å². The van der Waals surface area contributed by atoms with Gasteiger partial charge >= 0.3 is 7.12 Å². The van der Waals surface area contributed by atoms with Crippen molar-refractivity contribution in [2.75, 3.05) is 0 Å². The molecule has 150 valence electrons. The number of H-pyrrole nitrogens is 1. The second-order valence-corrected chi connectivity index (χ2v) is 8.96. The lowest BCUT2D eigenvalue weighted by molar-refractivity contribution is 0.00578. The van der Waals surface area contributed by atoms with Gasteiger partial charge in [0.2, 0.25) is 0 Å². The second-order valence-electron chi connectivity index (χ2n) is 8.96. The van der Waals surface area contributed by atoms with Crippen LogP contribution in [0.15, 0.2) is 22.4 Å². The summed E-state index contributed by atoms with van der Waals surface area (Å²) in [6.45, 7) is 12.3. The summed E-state index contributed by atoms with van der Waals surface area (Å²) in [4.78, 5) is 11.6. The smallest absolute Gasteiger partial charge is 0.400 e. The summed E-state index contributed by atoms with van der Waals surface area (Å²) in [5.74, 6) is 0.660. The van der Waals surface area contributed by atoms with Gasteiger partial charge in [0.15, 0.2) is 0 Å². The van der Waals surface area contributed by atoms with Crippen LogP contribution >= 0.6 is 0 Å². The van der Waals surface area contributed by atoms with Crippen LogP contribution in [0.25, 0.3) is 0 Å². The lowest BCUT2D eigenvalue weighted by Crippen LogP contribution is -2.41. The van der Waals surface area contributed by atoms with Crippen LogP contribution in [-0.2, 0) is 22.0 Å². The van der Waals surface area contributed by atoms with Crippen molar-refractivity contribution in [3.05, 3.63) is 33.7 Å². The largest absolute Gasteiger partial charge is 0.490 e. The number of allylic oxidation sites excluding steroid dienone is 2. The number of fused-ring (bicyclic) bond motifs is 1. The van der Waals surface area contributed by atoms with Crippen LogP contribution < -0.4 is 5.56 Å². The van der Waals surface area contributed by atoms with Gasteiger partial charge in [-0.3, -0.25) is 14.6 Å². The van der Waals surface area contributed by atoms with Gasteiger partial charge in [-0.25, -0.2) is 0 Å². The molecule has 1 aliphatic heterocycles. The van der Waals surface area contributed by atoms with Crippen molar-refractivity contribution in [3.63, 3.8) is 0 Å². The van der Waals surface area contributed by atoms with Gasteiger partial charge in [0.05, 0.1) is 16.9 Å². The molecule has 0 bridgehead atoms. The monoisotopic (exact) mass is 376 g/mol. The Morgan fingerprint density at radius 1 is 1.19 bits per heavy atom. The zero-order valence-electron chi connectivity index (χ0n) is 17.6. The predicted octanol–water partition coefficient (Wildman–Crippen LogP) is 2.91. The molecule has 3 atom stereocenters. The lowest BCUT2D eigenvalue weighted by atomic mass is 9.76. The maximum atomic E-state index is 11.6. The highest BCUT2D eigenvalue weighted by molar-refractivity contribution is 6.54. The second kappa shape index (κ2) is 6.64. The highest BCUT2D eigenvalue weighted by Gasteiger charge is 2.55. The van der Waals surface area contributed by atoms with Gasteiger partial charge in [0, 0.05) is 13.1 Å². The number of aromatic amines is 1. The first-order valence-electron chi connectivity index (χ1n) is 10.1. The molecule has 0 unspecified atom stereocenters. The number of rotatable bonds is 2. The number of hydrogen-bond donors (Lipinski definition) is 2. The van der Waals surface area contributed by atoms with E-state index in [0.717, 1.165) is 6.42 Å². The fourth-order valence-corrected chi connectivity index (χ4v) is 4.59. The zero-order valence-corrected chi connectivity index (χ0v) is 17.6. The maximum absolute atomic E-state index is 11.6. The standard InChI is InChI=1S/C18H27BN2O4.C2H6/c1-16(2)17(3,4)25-19(24-16)13-6-11-9-18(23,10-12(11)7-13)14-8-15(22)20-21(14)5;1-2/h6,8,11-12,23H,7,9-10H2,1-5H3,(H,20,22);1-2H3/t11-,12+,18+;/m0./s1. The van der Waals surface area contributed by atoms with Crippen LogP contribution in [0.4, 0.5) is 0 Å². The molecule has 2 N–H and O–H groups in total. The minimum absolute atomic E-state index is 0.170. The Bertz CT molecular complexity index is 778. The predicted molar refractivity (Wildman–Crippen MR) is 106 cm³/mol. The molecule has 1 aromatic rings. The number of aryl methyl sites for hydroxylation is 1. The molecule has 7 heteroatoms. The molecule has 2 heterocycles. The van der Waals surface area contributed by atoms with Crippen molar-refractivity contribution in [1.82, 2.24) is 9.78 Å². The Morgan fingerprint density at radius 3 is 2.26 bits per heavy atom. The molecule has 27 heavy (non-hydrogen) atoms. The number of aromatic nitrogens is 2. The SMILES string of the molecule is CC.Cn1[nH]c(=O)cc1[C@]1(O)C[C@H]2CC(B3OC(C)(C)C(C)(C)O3)=C[C@H]2C1. The highest BCUT2D eigenvalue weighted by atomic mass is 16.7. The zero-order chi connectivity index (χ0) is 20.2. The highest BCUT2D eigenvalue weighted by Crippen LogP contribution is 2.53. The number of hydrogen-bond acceptors (Lipinski definition) is 4. The molecule has 2 aliphatic carbocycles. The average Bonchev–Trinajstić information content (AvgIpc) is 3.23. The van der Waals surface area contributed by atoms with E-state index < -0.39 is 5.60 Å². The van der Waals surface area contributed by atoms with Crippen LogP contribution in [0.5, 0.6) is 0 Å². The van der Waals surface area contributed by atoms with Crippen molar-refractivity contribution in [2.24, 2.45) is 18.9 Å². The molecule has 6 nitrogen and oxygen atoms in total. The van der Waals surface area contributed by atoms with Gasteiger partial charge in [-0.05, 0) is 64.3 Å². The molecule has 1 saturated carbocycles. The first-order valence-corrected chi connectivity index (χ1v) is 10.1. The molecule has 3 aliphatic rings. The molecule has 1 aromatic heterocycles. The van der Waals surface area contributed by atoms with Gasteiger partial charge in [0.25, 0.3) is 5.56 Å². The Kier molecular flexibility index (Phi) is 5.02. The van der Waals surface area contributed by atoms with Gasteiger partial charge in [-0.15, -0.1) is 0 Å². The maximum Gasteiger partial charge on any atom is 0.490 e. The van der Waals surface area contributed by atoms with Crippen molar-refractivity contribution in [1.29, 1.82) is 0 Å². The van der Waals surface area contributed by atoms with Crippen molar-refractivity contribution >= 4 is 7.12 Å². The third kappa shape index (κ3) is 3.34. The summed E-state index contributed by atoms with van der Waals surface area (Å²) in [5.41, 5.74) is 0.0922. The first kappa shape index (κ1) is 20.4. The van der Waals surface area contributed by atoms with E-state index in [-0.39, 0.29) is 23.9 Å². The fraction of sp³-hybridized carbons (Fsp3) is 0.750. The van der Waals surface area contributed by atoms with Gasteiger partial charge in [-0.1, -0.05) is 19.9 Å². The summed E-state index contributed by atoms with van der Waals surface area (Å²) < 4.78 is 14.0. The first-order chi connectivity index (χ1) is 12.5. The van der Waals surface area contributed by atoms with Crippen LogP contribution in [0.1, 0.15) is 66.5 Å². The molecule has 0 spiro atoms. The Morgan fingerprint density at radius 2 is 1.78 bits per heavy atom. The van der Waals surface area contributed by atoms with Crippen molar-refractivity contribution in [3.8, 4) is 0 Å². The summed E-state index contributed by atoms with van der Waals surface area (Å²) in [7, 11) is 1.48. The molecule has 4 rings (SSSR count). The summed E-state index contributed by atoms with van der Waals surface area (Å²) in [6, 6.07) is 1.51. The van der Waals surface area contributed by atoms with E-state index in [1.165, 1.54) is 11.5 Å². The third-order valence-corrected chi connectivity index (χ3v) is 6.64. The van der Waals surface area contributed by atoms with Crippen LogP contribution in [0, 0.1) is 11.8 Å². The quantitative estimate of drug-likeness (QED) is 0.779. The molecule has 0 aromatic carbocycles. The minimum atomic E-state index is -0.943. The molecular formula is C20H33BN2O4. The minimum Gasteiger partial charge on any atom is -0.400 e. The average molecular weight is 376 g/mol. The Hall–Kier alpha value is -1.31. The van der Waals surface area contributed by atoms with Crippen molar-refractivity contribution in [2.45, 2.75) is 77.6 Å². The Labute approximate surface area is 162 Å². The summed E-state index contributed by atoms with van der Waals surface area (Å²) >= 11 is 0. The van der Waals surface area contributed by atoms with E-state index in [0.29, 0.717) is 30.4 Å². The van der Waals surface area contributed by atoms with E-state index >= 15 is 0 Å². The van der Waals surface area contributed by atoms with E-state index in [9.17, 15) is 9.90 Å². The normalized spacial score (nSPS) is 33.5. The molecular weight excluding hydrogens is 343 g/mol. The van der Waals surface area contributed by atoms with Gasteiger partial charge < -0.3 is 14.4 Å². The Balaban J connectivity index is 0.00000102. The van der Waals surface area contributed by atoms with Gasteiger partial charge in [-0.2, -0.15) is 0 Å². The lowest BCUT2D eigenvalue weighted by Gasteiger charge is -2.32. The fourth-order valence-electron chi connectivity index (χ4n) is 4.59. The van der Waals surface area contributed by atoms with Crippen molar-refractivity contribution < 1.29 is 14.4 Å². The molecule has 0 amide bonds. The topological polar surface area (TPSA) is 76.5 Å². The molecule has 1 saturated heterocycles. The number of nitrogens with zero attached hydrogens (tertiary/aromatic N) is 1.